The van der Waals surface area contributed by atoms with Crippen molar-refractivity contribution in [1.29, 1.82) is 0 Å². The molecule has 3 amide bonds. The molecule has 0 aliphatic rings. The number of carbonyl (C=O) groups excluding carboxylic acids is 3. The van der Waals surface area contributed by atoms with Gasteiger partial charge < -0.3 is 20.3 Å². The zero-order valence-corrected chi connectivity index (χ0v) is 22.1. The van der Waals surface area contributed by atoms with E-state index in [1.165, 1.54) is 4.90 Å². The number of nitrogens with one attached hydrogen (secondary N) is 2. The molecule has 0 bridgehead atoms. The maximum Gasteiger partial charge on any atom is 0.408 e. The molecule has 7 heteroatoms. The van der Waals surface area contributed by atoms with Gasteiger partial charge in [-0.1, -0.05) is 37.5 Å². The van der Waals surface area contributed by atoms with Crippen molar-refractivity contribution in [3.05, 3.63) is 35.4 Å². The zero-order valence-electron chi connectivity index (χ0n) is 22.1. The lowest BCUT2D eigenvalue weighted by Gasteiger charge is -2.43. The first-order chi connectivity index (χ1) is 15.6. The summed E-state index contributed by atoms with van der Waals surface area (Å²) in [5.74, 6) is 1.89. The maximum absolute atomic E-state index is 13.7. The van der Waals surface area contributed by atoms with Crippen LogP contribution < -0.4 is 10.6 Å². The molecule has 0 saturated heterocycles. The molecule has 0 heterocycles. The minimum absolute atomic E-state index is 0.0766. The standard InChI is InChI=1S/C27H41N3O4/c1-11-15-18(3)28-23(31)22(21-17-14-13-16-20(21)12-2)30(26(5,6)7)24(32)19(4)29-25(33)34-27(8,9)10/h2,13-14,16-19,22H,11,15H2,1,3-10H3,(H,28,31)(H,29,33). The third-order valence-electron chi connectivity index (χ3n) is 5.09. The fourth-order valence-electron chi connectivity index (χ4n) is 3.69. The number of carbonyl (C=O) groups is 3. The molecule has 2 N–H and O–H groups in total. The van der Waals surface area contributed by atoms with Gasteiger partial charge in [-0.25, -0.2) is 4.79 Å². The molecule has 0 aromatic heterocycles. The van der Waals surface area contributed by atoms with Crippen LogP contribution in [0.5, 0.6) is 0 Å². The van der Waals surface area contributed by atoms with E-state index in [0.717, 1.165) is 12.8 Å². The highest BCUT2D eigenvalue weighted by Crippen LogP contribution is 2.32. The quantitative estimate of drug-likeness (QED) is 0.544. The van der Waals surface area contributed by atoms with E-state index in [2.05, 4.69) is 16.6 Å². The smallest absolute Gasteiger partial charge is 0.408 e. The molecule has 34 heavy (non-hydrogen) atoms. The Balaban J connectivity index is 3.49. The fourth-order valence-corrected chi connectivity index (χ4v) is 3.69. The van der Waals surface area contributed by atoms with E-state index in [1.807, 2.05) is 34.6 Å². The lowest BCUT2D eigenvalue weighted by Crippen LogP contribution is -2.58. The molecule has 0 aliphatic carbocycles. The summed E-state index contributed by atoms with van der Waals surface area (Å²) in [7, 11) is 0. The lowest BCUT2D eigenvalue weighted by molar-refractivity contribution is -0.148. The van der Waals surface area contributed by atoms with Crippen molar-refractivity contribution in [3.63, 3.8) is 0 Å². The number of hydrogen-bond donors (Lipinski definition) is 2. The van der Waals surface area contributed by atoms with E-state index in [-0.39, 0.29) is 11.9 Å². The van der Waals surface area contributed by atoms with Gasteiger partial charge in [0, 0.05) is 17.1 Å². The SMILES string of the molecule is C#Cc1ccccc1C(C(=O)NC(C)CCC)N(C(=O)C(C)NC(=O)OC(C)(C)C)C(C)(C)C. The van der Waals surface area contributed by atoms with E-state index in [9.17, 15) is 14.4 Å². The van der Waals surface area contributed by atoms with Gasteiger partial charge in [0.05, 0.1) is 0 Å². The van der Waals surface area contributed by atoms with Crippen LogP contribution in [-0.4, -0.2) is 46.0 Å². The number of ether oxygens (including phenoxy) is 1. The Bertz CT molecular complexity index is 906. The molecule has 0 radical (unpaired) electrons. The van der Waals surface area contributed by atoms with Crippen LogP contribution in [0.1, 0.15) is 92.3 Å². The summed E-state index contributed by atoms with van der Waals surface area (Å²) in [6, 6.07) is 5.11. The van der Waals surface area contributed by atoms with Crippen molar-refractivity contribution >= 4 is 17.9 Å². The Kier molecular flexibility index (Phi) is 10.2. The summed E-state index contributed by atoms with van der Waals surface area (Å²) in [4.78, 5) is 41.2. The summed E-state index contributed by atoms with van der Waals surface area (Å²) in [6.07, 6.45) is 6.75. The second-order valence-electron chi connectivity index (χ2n) is 10.6. The largest absolute Gasteiger partial charge is 0.444 e. The van der Waals surface area contributed by atoms with Crippen molar-refractivity contribution in [2.24, 2.45) is 0 Å². The normalized spacial score (nSPS) is 14.2. The number of nitrogens with zero attached hydrogens (tertiary/aromatic N) is 1. The highest BCUT2D eigenvalue weighted by molar-refractivity contribution is 5.93. The van der Waals surface area contributed by atoms with Gasteiger partial charge in [-0.05, 0) is 73.4 Å². The monoisotopic (exact) mass is 471 g/mol. The minimum Gasteiger partial charge on any atom is -0.444 e. The molecule has 3 unspecified atom stereocenters. The Morgan fingerprint density at radius 3 is 2.15 bits per heavy atom. The van der Waals surface area contributed by atoms with Crippen molar-refractivity contribution in [2.45, 2.75) is 104 Å². The van der Waals surface area contributed by atoms with Crippen LogP contribution in [0.3, 0.4) is 0 Å². The minimum atomic E-state index is -0.984. The van der Waals surface area contributed by atoms with Gasteiger partial charge in [-0.15, -0.1) is 6.42 Å². The average Bonchev–Trinajstić information content (AvgIpc) is 2.69. The third-order valence-corrected chi connectivity index (χ3v) is 5.09. The molecule has 1 aromatic carbocycles. The number of benzene rings is 1. The first kappa shape index (κ1) is 29.0. The molecule has 3 atom stereocenters. The van der Waals surface area contributed by atoms with Crippen LogP contribution in [0.15, 0.2) is 24.3 Å². The molecule has 1 rings (SSSR count). The zero-order chi connectivity index (χ0) is 26.3. The summed E-state index contributed by atoms with van der Waals surface area (Å²) in [5.41, 5.74) is -0.391. The molecule has 0 spiro atoms. The average molecular weight is 472 g/mol. The van der Waals surface area contributed by atoms with Gasteiger partial charge in [0.25, 0.3) is 0 Å². The summed E-state index contributed by atoms with van der Waals surface area (Å²) >= 11 is 0. The van der Waals surface area contributed by atoms with E-state index >= 15 is 0 Å². The van der Waals surface area contributed by atoms with Crippen molar-refractivity contribution in [1.82, 2.24) is 15.5 Å². The molecular formula is C27H41N3O4. The first-order valence-corrected chi connectivity index (χ1v) is 11.8. The fraction of sp³-hybridized carbons (Fsp3) is 0.593. The van der Waals surface area contributed by atoms with Gasteiger partial charge in [-0.2, -0.15) is 0 Å². The highest BCUT2D eigenvalue weighted by Gasteiger charge is 2.41. The Morgan fingerprint density at radius 2 is 1.65 bits per heavy atom. The van der Waals surface area contributed by atoms with Gasteiger partial charge in [0.1, 0.15) is 17.7 Å². The van der Waals surface area contributed by atoms with Gasteiger partial charge >= 0.3 is 6.09 Å². The van der Waals surface area contributed by atoms with Crippen LogP contribution in [0.4, 0.5) is 4.79 Å². The van der Waals surface area contributed by atoms with E-state index < -0.39 is 35.2 Å². The predicted molar refractivity (Wildman–Crippen MR) is 135 cm³/mol. The number of hydrogen-bond acceptors (Lipinski definition) is 4. The van der Waals surface area contributed by atoms with Gasteiger partial charge in [-0.3, -0.25) is 9.59 Å². The molecule has 188 valence electrons. The predicted octanol–water partition coefficient (Wildman–Crippen LogP) is 4.55. The first-order valence-electron chi connectivity index (χ1n) is 11.8. The van der Waals surface area contributed by atoms with Crippen LogP contribution in [0, 0.1) is 12.3 Å². The maximum atomic E-state index is 13.7. The molecule has 0 aliphatic heterocycles. The van der Waals surface area contributed by atoms with E-state index in [0.29, 0.717) is 11.1 Å². The number of amides is 3. The van der Waals surface area contributed by atoms with E-state index in [4.69, 9.17) is 11.2 Å². The Labute approximate surface area is 205 Å². The van der Waals surface area contributed by atoms with Crippen LogP contribution in [0.2, 0.25) is 0 Å². The summed E-state index contributed by atoms with van der Waals surface area (Å²) < 4.78 is 5.31. The Hall–Kier alpha value is -3.01. The van der Waals surface area contributed by atoms with Crippen molar-refractivity contribution < 1.29 is 19.1 Å². The van der Waals surface area contributed by atoms with Gasteiger partial charge in [0.15, 0.2) is 0 Å². The number of terminal acetylenes is 1. The number of rotatable bonds is 8. The topological polar surface area (TPSA) is 87.7 Å². The van der Waals surface area contributed by atoms with Crippen LogP contribution in [-0.2, 0) is 14.3 Å². The van der Waals surface area contributed by atoms with Crippen molar-refractivity contribution in [2.75, 3.05) is 0 Å². The Morgan fingerprint density at radius 1 is 1.06 bits per heavy atom. The third kappa shape index (κ3) is 8.40. The lowest BCUT2D eigenvalue weighted by atomic mass is 9.92. The molecule has 0 fully saturated rings. The second kappa shape index (κ2) is 11.9. The molecule has 7 nitrogen and oxygen atoms in total. The van der Waals surface area contributed by atoms with Crippen molar-refractivity contribution in [3.8, 4) is 12.3 Å². The molecule has 1 aromatic rings. The highest BCUT2D eigenvalue weighted by atomic mass is 16.6. The summed E-state index contributed by atoms with van der Waals surface area (Å²) in [5, 5.41) is 5.63. The van der Waals surface area contributed by atoms with Crippen LogP contribution >= 0.6 is 0 Å². The molecule has 0 saturated carbocycles. The van der Waals surface area contributed by atoms with Gasteiger partial charge in [0.2, 0.25) is 11.8 Å². The summed E-state index contributed by atoms with van der Waals surface area (Å²) in [6.45, 7) is 16.3. The number of alkyl carbamates (subject to hydrolysis) is 1. The second-order valence-corrected chi connectivity index (χ2v) is 10.6. The van der Waals surface area contributed by atoms with E-state index in [1.54, 1.807) is 52.0 Å². The van der Waals surface area contributed by atoms with Crippen LogP contribution in [0.25, 0.3) is 0 Å². The molecular weight excluding hydrogens is 430 g/mol.